The van der Waals surface area contributed by atoms with Crippen LogP contribution in [0.5, 0.6) is 0 Å². The Morgan fingerprint density at radius 2 is 2.27 bits per heavy atom. The van der Waals surface area contributed by atoms with Gasteiger partial charge in [0.15, 0.2) is 5.82 Å². The van der Waals surface area contributed by atoms with Gasteiger partial charge in [-0.2, -0.15) is 0 Å². The van der Waals surface area contributed by atoms with Gasteiger partial charge in [-0.1, -0.05) is 6.92 Å². The summed E-state index contributed by atoms with van der Waals surface area (Å²) in [5.74, 6) is 1.70. The zero-order valence-electron chi connectivity index (χ0n) is 9.00. The lowest BCUT2D eigenvalue weighted by Gasteiger charge is -2.13. The Morgan fingerprint density at radius 1 is 1.53 bits per heavy atom. The van der Waals surface area contributed by atoms with Crippen molar-refractivity contribution in [1.29, 1.82) is 0 Å². The Morgan fingerprint density at radius 3 is 2.87 bits per heavy atom. The van der Waals surface area contributed by atoms with E-state index >= 15 is 0 Å². The van der Waals surface area contributed by atoms with Gasteiger partial charge in [-0.05, 0) is 30.2 Å². The molecule has 84 valence electrons. The van der Waals surface area contributed by atoms with E-state index in [0.29, 0.717) is 6.04 Å². The monoisotopic (exact) mass is 228 g/mol. The highest BCUT2D eigenvalue weighted by Crippen LogP contribution is 2.35. The summed E-state index contributed by atoms with van der Waals surface area (Å²) in [5.41, 5.74) is 0. The first-order chi connectivity index (χ1) is 7.18. The summed E-state index contributed by atoms with van der Waals surface area (Å²) in [7, 11) is 0. The molecule has 6 heteroatoms. The van der Waals surface area contributed by atoms with Crippen LogP contribution in [0.2, 0.25) is 0 Å². The maximum absolute atomic E-state index is 9.36. The first-order valence-electron chi connectivity index (χ1n) is 5.25. The fourth-order valence-corrected chi connectivity index (χ4v) is 2.14. The first kappa shape index (κ1) is 10.9. The summed E-state index contributed by atoms with van der Waals surface area (Å²) < 4.78 is 1.92. The normalized spacial score (nSPS) is 20.2. The number of hydrogen-bond donors (Lipinski definition) is 1. The Labute approximate surface area is 93.2 Å². The van der Waals surface area contributed by atoms with Crippen LogP contribution in [0.25, 0.3) is 0 Å². The molecular formula is C9H16N4OS. The van der Waals surface area contributed by atoms with Gasteiger partial charge in [0.1, 0.15) is 0 Å². The summed E-state index contributed by atoms with van der Waals surface area (Å²) in [5, 5.41) is 21.3. The SMILES string of the molecule is CC(O)C(C)SCc1nnnn1C1CC1. The quantitative estimate of drug-likeness (QED) is 0.815. The van der Waals surface area contributed by atoms with Gasteiger partial charge in [0.05, 0.1) is 17.9 Å². The fraction of sp³-hybridized carbons (Fsp3) is 0.889. The van der Waals surface area contributed by atoms with Crippen molar-refractivity contribution >= 4 is 11.8 Å². The summed E-state index contributed by atoms with van der Waals surface area (Å²) in [6, 6.07) is 0.525. The van der Waals surface area contributed by atoms with Crippen LogP contribution in [-0.4, -0.2) is 36.7 Å². The van der Waals surface area contributed by atoms with Gasteiger partial charge in [0.2, 0.25) is 0 Å². The first-order valence-corrected chi connectivity index (χ1v) is 6.29. The average Bonchev–Trinajstić information content (AvgIpc) is 2.94. The van der Waals surface area contributed by atoms with Crippen LogP contribution in [-0.2, 0) is 5.75 Å². The molecule has 1 aromatic heterocycles. The van der Waals surface area contributed by atoms with E-state index in [4.69, 9.17) is 0 Å². The van der Waals surface area contributed by atoms with E-state index in [-0.39, 0.29) is 11.4 Å². The zero-order valence-corrected chi connectivity index (χ0v) is 9.81. The van der Waals surface area contributed by atoms with Crippen LogP contribution in [0.4, 0.5) is 0 Å². The molecule has 0 saturated heterocycles. The molecule has 2 rings (SSSR count). The minimum Gasteiger partial charge on any atom is -0.392 e. The average molecular weight is 228 g/mol. The largest absolute Gasteiger partial charge is 0.392 e. The summed E-state index contributed by atoms with van der Waals surface area (Å²) >= 11 is 1.69. The molecule has 1 aliphatic rings. The number of thioether (sulfide) groups is 1. The maximum Gasteiger partial charge on any atom is 0.161 e. The van der Waals surface area contributed by atoms with Crippen molar-refractivity contribution in [2.45, 2.75) is 49.8 Å². The van der Waals surface area contributed by atoms with E-state index in [2.05, 4.69) is 15.5 Å². The predicted molar refractivity (Wildman–Crippen MR) is 58.5 cm³/mol. The lowest BCUT2D eigenvalue weighted by molar-refractivity contribution is 0.196. The maximum atomic E-state index is 9.36. The minimum absolute atomic E-state index is 0.217. The number of tetrazole rings is 1. The predicted octanol–water partition coefficient (Wildman–Crippen LogP) is 1.01. The second kappa shape index (κ2) is 4.49. The number of aliphatic hydroxyl groups is 1. The van der Waals surface area contributed by atoms with Gasteiger partial charge in [0, 0.05) is 5.25 Å². The van der Waals surface area contributed by atoms with E-state index in [9.17, 15) is 5.11 Å². The Bertz CT molecular complexity index is 324. The molecule has 0 spiro atoms. The van der Waals surface area contributed by atoms with Crippen LogP contribution < -0.4 is 0 Å². The molecular weight excluding hydrogens is 212 g/mol. The minimum atomic E-state index is -0.291. The Balaban J connectivity index is 1.90. The molecule has 0 bridgehead atoms. The number of hydrogen-bond acceptors (Lipinski definition) is 5. The van der Waals surface area contributed by atoms with Crippen LogP contribution in [0.15, 0.2) is 0 Å². The summed E-state index contributed by atoms with van der Waals surface area (Å²) in [6.07, 6.45) is 2.09. The van der Waals surface area contributed by atoms with Crippen molar-refractivity contribution < 1.29 is 5.11 Å². The Kier molecular flexibility index (Phi) is 3.25. The van der Waals surface area contributed by atoms with E-state index in [1.165, 1.54) is 12.8 Å². The lowest BCUT2D eigenvalue weighted by Crippen LogP contribution is -2.16. The third kappa shape index (κ3) is 2.69. The lowest BCUT2D eigenvalue weighted by atomic mass is 10.3. The number of rotatable bonds is 5. The van der Waals surface area contributed by atoms with E-state index < -0.39 is 0 Å². The van der Waals surface area contributed by atoms with Gasteiger partial charge < -0.3 is 5.11 Å². The standard InChI is InChI=1S/C9H16N4OS/c1-6(14)7(2)15-5-9-10-11-12-13(9)8-3-4-8/h6-8,14H,3-5H2,1-2H3. The van der Waals surface area contributed by atoms with Crippen LogP contribution in [0.1, 0.15) is 38.6 Å². The number of aliphatic hydroxyl groups excluding tert-OH is 1. The molecule has 1 heterocycles. The molecule has 1 aromatic rings. The van der Waals surface area contributed by atoms with E-state index in [1.807, 2.05) is 18.5 Å². The second-order valence-corrected chi connectivity index (χ2v) is 5.39. The second-order valence-electron chi connectivity index (χ2n) is 4.03. The highest BCUT2D eigenvalue weighted by atomic mass is 32.2. The number of aromatic nitrogens is 4. The van der Waals surface area contributed by atoms with Crippen molar-refractivity contribution in [2.24, 2.45) is 0 Å². The summed E-state index contributed by atoms with van der Waals surface area (Å²) in [4.78, 5) is 0. The molecule has 2 unspecified atom stereocenters. The van der Waals surface area contributed by atoms with Gasteiger partial charge in [-0.3, -0.25) is 0 Å². The van der Waals surface area contributed by atoms with Gasteiger partial charge >= 0.3 is 0 Å². The van der Waals surface area contributed by atoms with Crippen LogP contribution in [0, 0.1) is 0 Å². The molecule has 1 aliphatic carbocycles. The van der Waals surface area contributed by atoms with Crippen molar-refractivity contribution in [2.75, 3.05) is 0 Å². The molecule has 0 amide bonds. The molecule has 15 heavy (non-hydrogen) atoms. The topological polar surface area (TPSA) is 63.8 Å². The van der Waals surface area contributed by atoms with Gasteiger partial charge in [0.25, 0.3) is 0 Å². The van der Waals surface area contributed by atoms with Gasteiger partial charge in [-0.15, -0.1) is 16.9 Å². The highest BCUT2D eigenvalue weighted by molar-refractivity contribution is 7.99. The highest BCUT2D eigenvalue weighted by Gasteiger charge is 2.27. The van der Waals surface area contributed by atoms with E-state index in [0.717, 1.165) is 11.6 Å². The Hall–Kier alpha value is -0.620. The van der Waals surface area contributed by atoms with E-state index in [1.54, 1.807) is 11.8 Å². The third-order valence-corrected chi connectivity index (χ3v) is 3.95. The van der Waals surface area contributed by atoms with Crippen molar-refractivity contribution in [3.05, 3.63) is 5.82 Å². The third-order valence-electron chi connectivity index (χ3n) is 2.61. The van der Waals surface area contributed by atoms with Crippen molar-refractivity contribution in [1.82, 2.24) is 20.2 Å². The van der Waals surface area contributed by atoms with Crippen molar-refractivity contribution in [3.63, 3.8) is 0 Å². The molecule has 0 aliphatic heterocycles. The molecule has 0 radical (unpaired) electrons. The van der Waals surface area contributed by atoms with Gasteiger partial charge in [-0.25, -0.2) is 4.68 Å². The molecule has 1 fully saturated rings. The van der Waals surface area contributed by atoms with Crippen LogP contribution in [0.3, 0.4) is 0 Å². The fourth-order valence-electron chi connectivity index (χ4n) is 1.26. The molecule has 1 N–H and O–H groups in total. The molecule has 0 aromatic carbocycles. The zero-order chi connectivity index (χ0) is 10.8. The smallest absolute Gasteiger partial charge is 0.161 e. The van der Waals surface area contributed by atoms with Crippen LogP contribution >= 0.6 is 11.8 Å². The molecule has 5 nitrogen and oxygen atoms in total. The van der Waals surface area contributed by atoms with Crippen molar-refractivity contribution in [3.8, 4) is 0 Å². The summed E-state index contributed by atoms with van der Waals surface area (Å²) in [6.45, 7) is 3.82. The molecule has 2 atom stereocenters. The number of nitrogens with zero attached hydrogens (tertiary/aromatic N) is 4. The molecule has 1 saturated carbocycles.